The lowest BCUT2D eigenvalue weighted by Gasteiger charge is -2.19. The van der Waals surface area contributed by atoms with Crippen molar-refractivity contribution in [1.82, 2.24) is 4.90 Å². The topological polar surface area (TPSA) is 69.6 Å². The molecule has 1 aromatic rings. The Morgan fingerprint density at radius 2 is 1.96 bits per heavy atom. The number of halogens is 5. The summed E-state index contributed by atoms with van der Waals surface area (Å²) in [6, 6.07) is 2.61. The van der Waals surface area contributed by atoms with E-state index in [0.29, 0.717) is 0 Å². The van der Waals surface area contributed by atoms with Crippen LogP contribution < -0.4 is 5.32 Å². The minimum Gasteiger partial charge on any atom is -0.481 e. The van der Waals surface area contributed by atoms with Gasteiger partial charge in [0.15, 0.2) is 0 Å². The highest BCUT2D eigenvalue weighted by Gasteiger charge is 2.53. The van der Waals surface area contributed by atoms with E-state index in [-0.39, 0.29) is 10.7 Å². The fraction of sp³-hybridized carbons (Fsp3) is 0.385. The molecule has 10 heteroatoms. The molecule has 0 saturated carbocycles. The Bertz CT molecular complexity index is 638. The van der Waals surface area contributed by atoms with Gasteiger partial charge in [0.25, 0.3) is 0 Å². The zero-order valence-corrected chi connectivity index (χ0v) is 12.2. The van der Waals surface area contributed by atoms with Crippen molar-refractivity contribution in [2.75, 3.05) is 18.4 Å². The molecule has 0 unspecified atom stereocenters. The largest absolute Gasteiger partial charge is 0.481 e. The number of alkyl halides is 3. The highest BCUT2D eigenvalue weighted by atomic mass is 35.5. The molecule has 126 valence electrons. The van der Waals surface area contributed by atoms with E-state index in [1.807, 2.05) is 0 Å². The number of hydrogen-bond acceptors (Lipinski definition) is 2. The van der Waals surface area contributed by atoms with Gasteiger partial charge in [-0.25, -0.2) is 9.18 Å². The van der Waals surface area contributed by atoms with Gasteiger partial charge in [0, 0.05) is 13.1 Å². The first-order chi connectivity index (χ1) is 10.6. The van der Waals surface area contributed by atoms with Crippen LogP contribution in [0.4, 0.5) is 28.0 Å². The number of anilines is 1. The summed E-state index contributed by atoms with van der Waals surface area (Å²) >= 11 is 5.64. The third kappa shape index (κ3) is 3.66. The molecule has 2 rings (SSSR count). The smallest absolute Gasteiger partial charge is 0.394 e. The number of carbonyl (C=O) groups is 2. The van der Waals surface area contributed by atoms with E-state index in [1.54, 1.807) is 0 Å². The lowest BCUT2D eigenvalue weighted by Crippen LogP contribution is -2.35. The van der Waals surface area contributed by atoms with Crippen molar-refractivity contribution in [3.8, 4) is 0 Å². The molecule has 23 heavy (non-hydrogen) atoms. The maximum absolute atomic E-state index is 13.3. The average Bonchev–Trinajstić information content (AvgIpc) is 2.89. The summed E-state index contributed by atoms with van der Waals surface area (Å²) in [5, 5.41) is 10.7. The molecule has 1 saturated heterocycles. The van der Waals surface area contributed by atoms with Crippen LogP contribution in [-0.4, -0.2) is 41.3 Å². The third-order valence-electron chi connectivity index (χ3n) is 3.54. The van der Waals surface area contributed by atoms with Crippen LogP contribution in [-0.2, 0) is 4.79 Å². The van der Waals surface area contributed by atoms with Crippen LogP contribution in [0.25, 0.3) is 0 Å². The quantitative estimate of drug-likeness (QED) is 0.801. The van der Waals surface area contributed by atoms with Crippen molar-refractivity contribution in [3.63, 3.8) is 0 Å². The fourth-order valence-electron chi connectivity index (χ4n) is 2.35. The van der Waals surface area contributed by atoms with E-state index < -0.39 is 48.9 Å². The van der Waals surface area contributed by atoms with E-state index in [1.165, 1.54) is 12.1 Å². The number of hydrogen-bond donors (Lipinski definition) is 2. The van der Waals surface area contributed by atoms with Crippen LogP contribution in [0.3, 0.4) is 0 Å². The van der Waals surface area contributed by atoms with Gasteiger partial charge >= 0.3 is 18.2 Å². The molecule has 0 bridgehead atoms. The summed E-state index contributed by atoms with van der Waals surface area (Å²) < 4.78 is 51.8. The summed E-state index contributed by atoms with van der Waals surface area (Å²) in [4.78, 5) is 23.7. The average molecular weight is 355 g/mol. The second-order valence-corrected chi connectivity index (χ2v) is 5.41. The van der Waals surface area contributed by atoms with Crippen molar-refractivity contribution < 1.29 is 32.3 Å². The molecule has 0 aliphatic carbocycles. The predicted octanol–water partition coefficient (Wildman–Crippen LogP) is 3.21. The molecule has 5 nitrogen and oxygen atoms in total. The second-order valence-electron chi connectivity index (χ2n) is 5.03. The molecule has 0 aromatic heterocycles. The number of amides is 2. The van der Waals surface area contributed by atoms with Crippen LogP contribution in [0.1, 0.15) is 0 Å². The van der Waals surface area contributed by atoms with Gasteiger partial charge in [0.2, 0.25) is 0 Å². The Balaban J connectivity index is 2.15. The zero-order chi connectivity index (χ0) is 17.4. The van der Waals surface area contributed by atoms with Gasteiger partial charge in [0.05, 0.1) is 22.5 Å². The number of aliphatic carboxylic acids is 1. The maximum atomic E-state index is 13.3. The van der Waals surface area contributed by atoms with Crippen LogP contribution in [0.2, 0.25) is 5.02 Å². The van der Waals surface area contributed by atoms with Gasteiger partial charge in [0.1, 0.15) is 5.82 Å². The Hall–Kier alpha value is -2.03. The number of urea groups is 1. The molecule has 2 atom stereocenters. The van der Waals surface area contributed by atoms with Gasteiger partial charge in [-0.1, -0.05) is 17.7 Å². The lowest BCUT2D eigenvalue weighted by atomic mass is 9.96. The summed E-state index contributed by atoms with van der Waals surface area (Å²) in [5.74, 6) is -6.34. The van der Waals surface area contributed by atoms with Crippen molar-refractivity contribution in [3.05, 3.63) is 29.0 Å². The van der Waals surface area contributed by atoms with E-state index in [4.69, 9.17) is 16.7 Å². The van der Waals surface area contributed by atoms with E-state index in [0.717, 1.165) is 11.0 Å². The van der Waals surface area contributed by atoms with Crippen LogP contribution in [0.15, 0.2) is 18.2 Å². The van der Waals surface area contributed by atoms with Crippen LogP contribution in [0, 0.1) is 17.7 Å². The molecule has 1 fully saturated rings. The van der Waals surface area contributed by atoms with Gasteiger partial charge in [-0.3, -0.25) is 4.79 Å². The molecule has 0 radical (unpaired) electrons. The molecule has 1 heterocycles. The monoisotopic (exact) mass is 354 g/mol. The Morgan fingerprint density at radius 3 is 2.48 bits per heavy atom. The number of nitrogens with one attached hydrogen (secondary N) is 1. The molecule has 1 aliphatic rings. The second kappa shape index (κ2) is 6.23. The van der Waals surface area contributed by atoms with E-state index >= 15 is 0 Å². The zero-order valence-electron chi connectivity index (χ0n) is 11.4. The van der Waals surface area contributed by atoms with Crippen LogP contribution >= 0.6 is 11.6 Å². The minimum atomic E-state index is -4.74. The van der Waals surface area contributed by atoms with E-state index in [9.17, 15) is 27.2 Å². The molecular weight excluding hydrogens is 344 g/mol. The molecule has 2 amide bonds. The standard InChI is InChI=1S/C13H11ClF4N2O3/c14-10-8(15)2-1-3-9(10)19-12(23)20-4-6(11(21)22)7(5-20)13(16,17)18/h1-3,6-7H,4-5H2,(H,19,23)(H,21,22)/t6-,7-/m1/s1. The lowest BCUT2D eigenvalue weighted by molar-refractivity contribution is -0.187. The SMILES string of the molecule is O=C(O)[C@@H]1CN(C(=O)Nc2cccc(F)c2Cl)C[C@H]1C(F)(F)F. The molecule has 1 aromatic carbocycles. The molecule has 0 spiro atoms. The number of rotatable bonds is 2. The number of nitrogens with zero attached hydrogens (tertiary/aromatic N) is 1. The minimum absolute atomic E-state index is 0.112. The Labute approximate surface area is 132 Å². The molecule has 2 N–H and O–H groups in total. The third-order valence-corrected chi connectivity index (χ3v) is 3.92. The first-order valence-electron chi connectivity index (χ1n) is 6.40. The maximum Gasteiger partial charge on any atom is 0.394 e. The predicted molar refractivity (Wildman–Crippen MR) is 72.7 cm³/mol. The van der Waals surface area contributed by atoms with E-state index in [2.05, 4.69) is 5.32 Å². The van der Waals surface area contributed by atoms with Gasteiger partial charge in [-0.15, -0.1) is 0 Å². The highest BCUT2D eigenvalue weighted by molar-refractivity contribution is 6.33. The van der Waals surface area contributed by atoms with Crippen molar-refractivity contribution in [2.45, 2.75) is 6.18 Å². The number of carboxylic acid groups (broad SMARTS) is 1. The van der Waals surface area contributed by atoms with Crippen molar-refractivity contribution >= 4 is 29.3 Å². The summed E-state index contributed by atoms with van der Waals surface area (Å²) in [6.45, 7) is -1.39. The Kier molecular flexibility index (Phi) is 4.69. The number of likely N-dealkylation sites (tertiary alicyclic amines) is 1. The first-order valence-corrected chi connectivity index (χ1v) is 6.78. The normalized spacial score (nSPS) is 21.3. The summed E-state index contributed by atoms with van der Waals surface area (Å²) in [7, 11) is 0. The Morgan fingerprint density at radius 1 is 1.30 bits per heavy atom. The summed E-state index contributed by atoms with van der Waals surface area (Å²) in [5.41, 5.74) is -0.112. The molecule has 1 aliphatic heterocycles. The number of carboxylic acids is 1. The van der Waals surface area contributed by atoms with Crippen LogP contribution in [0.5, 0.6) is 0 Å². The number of benzene rings is 1. The van der Waals surface area contributed by atoms with Gasteiger partial charge < -0.3 is 15.3 Å². The van der Waals surface area contributed by atoms with Gasteiger partial charge in [-0.2, -0.15) is 13.2 Å². The fourth-order valence-corrected chi connectivity index (χ4v) is 2.52. The van der Waals surface area contributed by atoms with Crippen molar-refractivity contribution in [1.29, 1.82) is 0 Å². The highest BCUT2D eigenvalue weighted by Crippen LogP contribution is 2.38. The van der Waals surface area contributed by atoms with Crippen molar-refractivity contribution in [2.24, 2.45) is 11.8 Å². The first kappa shape index (κ1) is 17.3. The number of carbonyl (C=O) groups excluding carboxylic acids is 1. The van der Waals surface area contributed by atoms with Gasteiger partial charge in [-0.05, 0) is 12.1 Å². The summed E-state index contributed by atoms with van der Waals surface area (Å²) in [6.07, 6.45) is -4.74. The molecular formula is C13H11ClF4N2O3.